The van der Waals surface area contributed by atoms with Crippen LogP contribution in [0.2, 0.25) is 0 Å². The Balaban J connectivity index is 5.11. The quantitative estimate of drug-likeness (QED) is 0.320. The minimum absolute atomic E-state index is 0.835. The molecule has 0 aliphatic rings. The maximum Gasteiger partial charge on any atom is -0.0353 e. The summed E-state index contributed by atoms with van der Waals surface area (Å²) in [6.07, 6.45) is 9.71. The van der Waals surface area contributed by atoms with E-state index in [0.29, 0.717) is 0 Å². The lowest BCUT2D eigenvalue weighted by molar-refractivity contribution is 0.101. The number of rotatable bonds is 13. The van der Waals surface area contributed by atoms with Gasteiger partial charge in [-0.25, -0.2) is 0 Å². The zero-order valence-electron chi connectivity index (χ0n) is 18.0. The number of hydrogen-bond acceptors (Lipinski definition) is 0. The molecule has 0 saturated heterocycles. The Kier molecular flexibility index (Phi) is 12.4. The highest BCUT2D eigenvalue weighted by Gasteiger charge is 2.32. The maximum absolute atomic E-state index is 2.55. The van der Waals surface area contributed by atoms with E-state index in [9.17, 15) is 0 Å². The third-order valence-electron chi connectivity index (χ3n) is 6.53. The molecule has 0 fully saturated rings. The van der Waals surface area contributed by atoms with Gasteiger partial charge in [-0.15, -0.1) is 0 Å². The monoisotopic (exact) mass is 324 g/mol. The van der Waals surface area contributed by atoms with Crippen molar-refractivity contribution in [3.8, 4) is 0 Å². The average Bonchev–Trinajstić information content (AvgIpc) is 2.50. The first kappa shape index (κ1) is 23.0. The molecule has 0 aromatic heterocycles. The van der Waals surface area contributed by atoms with Gasteiger partial charge in [0, 0.05) is 0 Å². The van der Waals surface area contributed by atoms with E-state index in [1.165, 1.54) is 44.9 Å². The first-order chi connectivity index (χ1) is 10.8. The van der Waals surface area contributed by atoms with Gasteiger partial charge in [-0.2, -0.15) is 0 Å². The van der Waals surface area contributed by atoms with Crippen LogP contribution >= 0.6 is 0 Å². The van der Waals surface area contributed by atoms with Gasteiger partial charge in [-0.05, 0) is 54.3 Å². The Bertz CT molecular complexity index is 267. The van der Waals surface area contributed by atoms with Gasteiger partial charge in [-0.3, -0.25) is 0 Å². The van der Waals surface area contributed by atoms with E-state index >= 15 is 0 Å². The summed E-state index contributed by atoms with van der Waals surface area (Å²) in [4.78, 5) is 0. The third-order valence-corrected chi connectivity index (χ3v) is 6.53. The van der Waals surface area contributed by atoms with Crippen molar-refractivity contribution in [1.82, 2.24) is 0 Å². The molecule has 0 radical (unpaired) electrons. The van der Waals surface area contributed by atoms with Crippen LogP contribution in [0.4, 0.5) is 0 Å². The van der Waals surface area contributed by atoms with Gasteiger partial charge in [0.15, 0.2) is 0 Å². The van der Waals surface area contributed by atoms with E-state index < -0.39 is 0 Å². The van der Waals surface area contributed by atoms with Gasteiger partial charge >= 0.3 is 0 Å². The predicted molar refractivity (Wildman–Crippen MR) is 108 cm³/mol. The molecule has 6 unspecified atom stereocenters. The van der Waals surface area contributed by atoms with Gasteiger partial charge < -0.3 is 0 Å². The molecule has 0 spiro atoms. The Morgan fingerprint density at radius 3 is 1.70 bits per heavy atom. The first-order valence-electron chi connectivity index (χ1n) is 10.8. The fourth-order valence-electron chi connectivity index (χ4n) is 4.81. The van der Waals surface area contributed by atoms with Crippen molar-refractivity contribution < 1.29 is 0 Å². The molecule has 23 heavy (non-hydrogen) atoms. The van der Waals surface area contributed by atoms with Gasteiger partial charge in [0.1, 0.15) is 0 Å². The van der Waals surface area contributed by atoms with Gasteiger partial charge in [0.25, 0.3) is 0 Å². The number of hydrogen-bond donors (Lipinski definition) is 0. The highest BCUT2D eigenvalue weighted by atomic mass is 14.4. The Morgan fingerprint density at radius 2 is 1.26 bits per heavy atom. The second kappa shape index (κ2) is 12.4. The maximum atomic E-state index is 2.55. The fourth-order valence-corrected chi connectivity index (χ4v) is 4.81. The molecule has 0 amide bonds. The second-order valence-electron chi connectivity index (χ2n) is 9.07. The highest BCUT2D eigenvalue weighted by Crippen LogP contribution is 2.41. The van der Waals surface area contributed by atoms with Gasteiger partial charge in [0.2, 0.25) is 0 Å². The molecule has 0 saturated carbocycles. The Hall–Kier alpha value is 0. The lowest BCUT2D eigenvalue weighted by Gasteiger charge is -2.39. The summed E-state index contributed by atoms with van der Waals surface area (Å²) in [5.74, 6) is 6.15. The van der Waals surface area contributed by atoms with Crippen LogP contribution in [0, 0.1) is 41.4 Å². The summed E-state index contributed by atoms with van der Waals surface area (Å²) in [5.41, 5.74) is 0. The molecule has 0 bridgehead atoms. The zero-order chi connectivity index (χ0) is 18.0. The van der Waals surface area contributed by atoms with Crippen LogP contribution in [0.25, 0.3) is 0 Å². The van der Waals surface area contributed by atoms with Crippen LogP contribution in [-0.2, 0) is 0 Å². The Labute approximate surface area is 149 Å². The summed E-state index contributed by atoms with van der Waals surface area (Å²) in [6.45, 7) is 22.0. The first-order valence-corrected chi connectivity index (χ1v) is 10.8. The topological polar surface area (TPSA) is 0 Å². The molecule has 0 nitrogen and oxygen atoms in total. The van der Waals surface area contributed by atoms with Crippen LogP contribution in [0.3, 0.4) is 0 Å². The summed E-state index contributed by atoms with van der Waals surface area (Å²) in [5, 5.41) is 0. The van der Waals surface area contributed by atoms with Crippen molar-refractivity contribution in [2.45, 2.75) is 107 Å². The summed E-state index contributed by atoms with van der Waals surface area (Å²) in [6, 6.07) is 0. The minimum Gasteiger partial charge on any atom is -0.0654 e. The molecule has 6 atom stereocenters. The largest absolute Gasteiger partial charge is 0.0654 e. The van der Waals surface area contributed by atoms with E-state index in [2.05, 4.69) is 62.3 Å². The SMILES string of the molecule is CCCCC(C)C(CC)C(CC(C)CC(C)C)C(C)C(C)CC. The predicted octanol–water partition coefficient (Wildman–Crippen LogP) is 8.21. The van der Waals surface area contributed by atoms with E-state index in [-0.39, 0.29) is 0 Å². The smallest absolute Gasteiger partial charge is 0.0353 e. The molecule has 0 heteroatoms. The minimum atomic E-state index is 0.835. The molecule has 0 aliphatic heterocycles. The van der Waals surface area contributed by atoms with Crippen molar-refractivity contribution >= 4 is 0 Å². The van der Waals surface area contributed by atoms with E-state index in [4.69, 9.17) is 0 Å². The second-order valence-corrected chi connectivity index (χ2v) is 9.07. The number of unbranched alkanes of at least 4 members (excludes halogenated alkanes) is 1. The van der Waals surface area contributed by atoms with Crippen LogP contribution in [0.1, 0.15) is 107 Å². The van der Waals surface area contributed by atoms with E-state index in [1.807, 2.05) is 0 Å². The summed E-state index contributed by atoms with van der Waals surface area (Å²) >= 11 is 0. The van der Waals surface area contributed by atoms with Crippen LogP contribution in [-0.4, -0.2) is 0 Å². The molecule has 0 aromatic carbocycles. The van der Waals surface area contributed by atoms with Crippen LogP contribution in [0.5, 0.6) is 0 Å². The highest BCUT2D eigenvalue weighted by molar-refractivity contribution is 4.82. The van der Waals surface area contributed by atoms with Gasteiger partial charge in [-0.1, -0.05) is 94.4 Å². The van der Waals surface area contributed by atoms with Crippen molar-refractivity contribution in [2.24, 2.45) is 41.4 Å². The molecular formula is C23H48. The summed E-state index contributed by atoms with van der Waals surface area (Å²) in [7, 11) is 0. The van der Waals surface area contributed by atoms with E-state index in [1.54, 1.807) is 0 Å². The molecule has 0 rings (SSSR count). The molecule has 0 aromatic rings. The molecule has 0 heterocycles. The lowest BCUT2D eigenvalue weighted by Crippen LogP contribution is -2.31. The van der Waals surface area contributed by atoms with Gasteiger partial charge in [0.05, 0.1) is 0 Å². The van der Waals surface area contributed by atoms with Crippen molar-refractivity contribution in [3.63, 3.8) is 0 Å². The van der Waals surface area contributed by atoms with Crippen molar-refractivity contribution in [1.29, 1.82) is 0 Å². The van der Waals surface area contributed by atoms with Crippen LogP contribution < -0.4 is 0 Å². The normalized spacial score (nSPS) is 20.1. The standard InChI is InChI=1S/C23H48/c1-10-13-14-20(8)22(12-3)23(21(9)19(7)11-2)16-18(6)15-17(4)5/h17-23H,10-16H2,1-9H3. The lowest BCUT2D eigenvalue weighted by atomic mass is 9.66. The zero-order valence-corrected chi connectivity index (χ0v) is 18.0. The summed E-state index contributed by atoms with van der Waals surface area (Å²) < 4.78 is 0. The van der Waals surface area contributed by atoms with Crippen LogP contribution in [0.15, 0.2) is 0 Å². The fraction of sp³-hybridized carbons (Fsp3) is 1.00. The third kappa shape index (κ3) is 8.59. The van der Waals surface area contributed by atoms with Crippen molar-refractivity contribution in [3.05, 3.63) is 0 Å². The Morgan fingerprint density at radius 1 is 0.652 bits per heavy atom. The average molecular weight is 325 g/mol. The van der Waals surface area contributed by atoms with Crippen molar-refractivity contribution in [2.75, 3.05) is 0 Å². The molecule has 0 aliphatic carbocycles. The molecule has 140 valence electrons. The van der Waals surface area contributed by atoms with E-state index in [0.717, 1.165) is 41.4 Å². The molecule has 0 N–H and O–H groups in total. The molecular weight excluding hydrogens is 276 g/mol.